The van der Waals surface area contributed by atoms with E-state index in [1.165, 1.54) is 0 Å². The van der Waals surface area contributed by atoms with Crippen molar-refractivity contribution in [2.45, 2.75) is 6.92 Å². The average molecular weight is 298 g/mol. The highest BCUT2D eigenvalue weighted by Crippen LogP contribution is 2.17. The molecule has 0 saturated carbocycles. The van der Waals surface area contributed by atoms with Crippen LogP contribution in [0.25, 0.3) is 0 Å². The lowest BCUT2D eigenvalue weighted by atomic mass is 10.1. The number of hydrogen-bond donors (Lipinski definition) is 3. The van der Waals surface area contributed by atoms with E-state index in [4.69, 9.17) is 5.11 Å². The largest absolute Gasteiger partial charge is 0.452 e. The highest BCUT2D eigenvalue weighted by Gasteiger charge is 2.16. The van der Waals surface area contributed by atoms with Crippen LogP contribution in [0.15, 0.2) is 18.2 Å². The van der Waals surface area contributed by atoms with Crippen LogP contribution in [0.2, 0.25) is 0 Å². The Hall–Kier alpha value is -2.24. The van der Waals surface area contributed by atoms with Gasteiger partial charge in [0.15, 0.2) is 0 Å². The fourth-order valence-electron chi connectivity index (χ4n) is 1.31. The third-order valence-corrected chi connectivity index (χ3v) is 3.05. The number of carbonyl (C=O) groups is 1. The van der Waals surface area contributed by atoms with Gasteiger partial charge in [-0.1, -0.05) is 17.9 Å². The molecule has 1 rings (SSSR count). The number of ether oxygens (including phenoxy) is 1. The molecule has 0 unspecified atom stereocenters. The number of carbonyl (C=O) groups excluding carboxylic acids is 1. The summed E-state index contributed by atoms with van der Waals surface area (Å²) >= 11 is 0. The maximum Gasteiger partial charge on any atom is 0.422 e. The van der Waals surface area contributed by atoms with E-state index in [0.29, 0.717) is 5.56 Å². The molecule has 0 heterocycles. The number of methoxy groups -OCH3 is 1. The van der Waals surface area contributed by atoms with Gasteiger partial charge >= 0.3 is 16.3 Å². The van der Waals surface area contributed by atoms with E-state index in [0.717, 1.165) is 12.7 Å². The standard InChI is InChI=1S/C12H14N2O5S/c1-9-5-6-10(4-3-7-15)11(8-9)13-20(17,18)14-12(16)19-2/h5-6,8,13,15H,7H2,1-2H3,(H,14,16). The molecule has 3 N–H and O–H groups in total. The van der Waals surface area contributed by atoms with Gasteiger partial charge in [0.1, 0.15) is 6.61 Å². The minimum Gasteiger partial charge on any atom is -0.452 e. The fourth-order valence-corrected chi connectivity index (χ4v) is 2.12. The third kappa shape index (κ3) is 4.79. The van der Waals surface area contributed by atoms with Gasteiger partial charge in [-0.3, -0.25) is 4.72 Å². The van der Waals surface area contributed by atoms with Gasteiger partial charge in [-0.05, 0) is 24.6 Å². The molecule has 0 aliphatic heterocycles. The highest BCUT2D eigenvalue weighted by molar-refractivity contribution is 7.91. The normalized spacial score (nSPS) is 10.2. The number of amides is 1. The lowest BCUT2D eigenvalue weighted by Crippen LogP contribution is -2.35. The Balaban J connectivity index is 3.07. The van der Waals surface area contributed by atoms with E-state index in [1.54, 1.807) is 29.8 Å². The van der Waals surface area contributed by atoms with Crippen molar-refractivity contribution >= 4 is 22.0 Å². The molecule has 8 heteroatoms. The van der Waals surface area contributed by atoms with Crippen molar-refractivity contribution in [1.82, 2.24) is 4.72 Å². The molecule has 20 heavy (non-hydrogen) atoms. The van der Waals surface area contributed by atoms with Gasteiger partial charge in [-0.2, -0.15) is 8.42 Å². The minimum absolute atomic E-state index is 0.197. The third-order valence-electron chi connectivity index (χ3n) is 2.12. The van der Waals surface area contributed by atoms with Gasteiger partial charge in [0.05, 0.1) is 12.8 Å². The maximum atomic E-state index is 11.7. The van der Waals surface area contributed by atoms with E-state index >= 15 is 0 Å². The first-order valence-electron chi connectivity index (χ1n) is 5.47. The van der Waals surface area contributed by atoms with Gasteiger partial charge < -0.3 is 9.84 Å². The second kappa shape index (κ2) is 6.79. The summed E-state index contributed by atoms with van der Waals surface area (Å²) < 4.78 is 31.4. The molecular formula is C12H14N2O5S. The van der Waals surface area contributed by atoms with Crippen LogP contribution in [0.5, 0.6) is 0 Å². The summed E-state index contributed by atoms with van der Waals surface area (Å²) in [4.78, 5) is 10.9. The Kier molecular flexibility index (Phi) is 5.37. The molecule has 1 aromatic rings. The van der Waals surface area contributed by atoms with Crippen LogP contribution in [0.1, 0.15) is 11.1 Å². The van der Waals surface area contributed by atoms with Crippen LogP contribution < -0.4 is 9.44 Å². The van der Waals surface area contributed by atoms with Gasteiger partial charge in [0.2, 0.25) is 0 Å². The predicted molar refractivity (Wildman–Crippen MR) is 73.2 cm³/mol. The Morgan fingerprint density at radius 1 is 1.45 bits per heavy atom. The van der Waals surface area contributed by atoms with Crippen LogP contribution in [-0.2, 0) is 14.9 Å². The summed E-state index contributed by atoms with van der Waals surface area (Å²) in [6, 6.07) is 4.90. The zero-order valence-electron chi connectivity index (χ0n) is 10.9. The monoisotopic (exact) mass is 298 g/mol. The summed E-state index contributed by atoms with van der Waals surface area (Å²) in [5.74, 6) is 5.03. The number of nitrogens with one attached hydrogen (secondary N) is 2. The molecular weight excluding hydrogens is 284 g/mol. The van der Waals surface area contributed by atoms with E-state index in [2.05, 4.69) is 21.3 Å². The van der Waals surface area contributed by atoms with E-state index < -0.39 is 16.3 Å². The topological polar surface area (TPSA) is 105 Å². The number of aryl methyl sites for hydroxylation is 1. The summed E-state index contributed by atoms with van der Waals surface area (Å²) in [6.45, 7) is 1.43. The first-order valence-corrected chi connectivity index (χ1v) is 6.95. The summed E-state index contributed by atoms with van der Waals surface area (Å²) in [6.07, 6.45) is -1.10. The Morgan fingerprint density at radius 2 is 2.15 bits per heavy atom. The lowest BCUT2D eigenvalue weighted by Gasteiger charge is -2.10. The van der Waals surface area contributed by atoms with Crippen LogP contribution in [-0.4, -0.2) is 33.3 Å². The molecule has 0 bridgehead atoms. The van der Waals surface area contributed by atoms with Crippen molar-refractivity contribution in [3.63, 3.8) is 0 Å². The van der Waals surface area contributed by atoms with Gasteiger partial charge in [-0.15, -0.1) is 0 Å². The Morgan fingerprint density at radius 3 is 2.75 bits per heavy atom. The molecule has 0 spiro atoms. The molecule has 0 saturated heterocycles. The smallest absolute Gasteiger partial charge is 0.422 e. The summed E-state index contributed by atoms with van der Waals surface area (Å²) in [5.41, 5.74) is 1.37. The zero-order chi connectivity index (χ0) is 15.2. The number of hydrogen-bond acceptors (Lipinski definition) is 5. The number of aliphatic hydroxyl groups excluding tert-OH is 1. The van der Waals surface area contributed by atoms with Crippen molar-refractivity contribution in [2.75, 3.05) is 18.4 Å². The van der Waals surface area contributed by atoms with Crippen molar-refractivity contribution < 1.29 is 23.1 Å². The number of aliphatic hydroxyl groups is 1. The Bertz CT molecular complexity index is 658. The number of anilines is 1. The summed E-state index contributed by atoms with van der Waals surface area (Å²) in [5, 5.41) is 8.67. The van der Waals surface area contributed by atoms with Crippen molar-refractivity contribution in [3.8, 4) is 11.8 Å². The predicted octanol–water partition coefficient (Wildman–Crippen LogP) is 0.352. The van der Waals surface area contributed by atoms with E-state index in [-0.39, 0.29) is 12.3 Å². The molecule has 0 radical (unpaired) electrons. The minimum atomic E-state index is -4.12. The van der Waals surface area contributed by atoms with E-state index in [9.17, 15) is 13.2 Å². The number of benzene rings is 1. The quantitative estimate of drug-likeness (QED) is 0.698. The lowest BCUT2D eigenvalue weighted by molar-refractivity contribution is 0.177. The zero-order valence-corrected chi connectivity index (χ0v) is 11.7. The number of rotatable bonds is 3. The first-order chi connectivity index (χ1) is 9.38. The second-order valence-electron chi connectivity index (χ2n) is 3.71. The molecule has 0 atom stereocenters. The van der Waals surface area contributed by atoms with Gasteiger partial charge in [0, 0.05) is 5.56 Å². The fraction of sp³-hybridized carbons (Fsp3) is 0.250. The molecule has 7 nitrogen and oxygen atoms in total. The molecule has 0 aliphatic rings. The van der Waals surface area contributed by atoms with Crippen LogP contribution in [0, 0.1) is 18.8 Å². The van der Waals surface area contributed by atoms with Crippen molar-refractivity contribution in [3.05, 3.63) is 29.3 Å². The summed E-state index contributed by atoms with van der Waals surface area (Å²) in [7, 11) is -3.06. The molecule has 108 valence electrons. The maximum absolute atomic E-state index is 11.7. The van der Waals surface area contributed by atoms with Crippen LogP contribution in [0.4, 0.5) is 10.5 Å². The molecule has 1 amide bonds. The second-order valence-corrected chi connectivity index (χ2v) is 5.12. The van der Waals surface area contributed by atoms with E-state index in [1.807, 2.05) is 0 Å². The van der Waals surface area contributed by atoms with Gasteiger partial charge in [0.25, 0.3) is 0 Å². The molecule has 0 aliphatic carbocycles. The van der Waals surface area contributed by atoms with Gasteiger partial charge in [-0.25, -0.2) is 9.52 Å². The molecule has 1 aromatic carbocycles. The highest BCUT2D eigenvalue weighted by atomic mass is 32.2. The SMILES string of the molecule is COC(=O)NS(=O)(=O)Nc1cc(C)ccc1C#CCO. The molecule has 0 aromatic heterocycles. The Labute approximate surface area is 117 Å². The van der Waals surface area contributed by atoms with Crippen molar-refractivity contribution in [1.29, 1.82) is 0 Å². The average Bonchev–Trinajstić information content (AvgIpc) is 2.36. The van der Waals surface area contributed by atoms with Crippen LogP contribution in [0.3, 0.4) is 0 Å². The molecule has 0 fully saturated rings. The van der Waals surface area contributed by atoms with Crippen molar-refractivity contribution in [2.24, 2.45) is 0 Å². The first kappa shape index (κ1) is 15.8. The van der Waals surface area contributed by atoms with Crippen LogP contribution >= 0.6 is 0 Å².